The third-order valence-corrected chi connectivity index (χ3v) is 3.21. The van der Waals surface area contributed by atoms with Crippen LogP contribution in [-0.2, 0) is 14.3 Å². The average molecular weight is 381 g/mol. The molecule has 0 saturated heterocycles. The van der Waals surface area contributed by atoms with Crippen molar-refractivity contribution in [3.8, 4) is 11.3 Å². The van der Waals surface area contributed by atoms with Crippen molar-refractivity contribution in [3.05, 3.63) is 40.5 Å². The average Bonchev–Trinajstić information content (AvgIpc) is 2.93. The van der Waals surface area contributed by atoms with Gasteiger partial charge in [-0.25, -0.2) is 9.59 Å². The minimum Gasteiger partial charge on any atom is -0.457 e. The molecule has 1 aromatic heterocycles. The van der Waals surface area contributed by atoms with Crippen molar-refractivity contribution in [1.29, 1.82) is 0 Å². The van der Waals surface area contributed by atoms with E-state index in [4.69, 9.17) is 9.47 Å². The van der Waals surface area contributed by atoms with E-state index in [0.29, 0.717) is 5.69 Å². The number of carbonyl (C=O) groups is 2. The lowest BCUT2D eigenvalue weighted by atomic mass is 10.1. The smallest absolute Gasteiger partial charge is 0.356 e. The molecule has 7 heteroatoms. The number of hydrogen-bond acceptors (Lipinski definition) is 5. The van der Waals surface area contributed by atoms with Gasteiger partial charge in [-0.15, -0.1) is 0 Å². The van der Waals surface area contributed by atoms with Crippen molar-refractivity contribution < 1.29 is 19.1 Å². The van der Waals surface area contributed by atoms with Crippen molar-refractivity contribution in [2.75, 3.05) is 6.61 Å². The van der Waals surface area contributed by atoms with Gasteiger partial charge in [0.2, 0.25) is 0 Å². The lowest BCUT2D eigenvalue weighted by Crippen LogP contribution is -2.27. The molecule has 0 bridgehead atoms. The molecule has 0 aliphatic heterocycles. The molecule has 1 heterocycles. The molecule has 2 aromatic rings. The Hall–Kier alpha value is -2.15. The van der Waals surface area contributed by atoms with Crippen LogP contribution >= 0.6 is 15.9 Å². The van der Waals surface area contributed by atoms with Gasteiger partial charge in [0.1, 0.15) is 11.3 Å². The molecule has 23 heavy (non-hydrogen) atoms. The van der Waals surface area contributed by atoms with E-state index in [2.05, 4.69) is 26.1 Å². The topological polar surface area (TPSA) is 81.3 Å². The van der Waals surface area contributed by atoms with Crippen LogP contribution < -0.4 is 0 Å². The Morgan fingerprint density at radius 3 is 2.48 bits per heavy atom. The van der Waals surface area contributed by atoms with Crippen molar-refractivity contribution in [3.63, 3.8) is 0 Å². The second-order valence-corrected chi connectivity index (χ2v) is 6.75. The number of aromatic amines is 1. The first kappa shape index (κ1) is 17.2. The molecule has 0 saturated carbocycles. The highest BCUT2D eigenvalue weighted by molar-refractivity contribution is 9.10. The highest BCUT2D eigenvalue weighted by Crippen LogP contribution is 2.20. The normalized spacial score (nSPS) is 11.1. The maximum atomic E-state index is 11.9. The third-order valence-electron chi connectivity index (χ3n) is 2.68. The van der Waals surface area contributed by atoms with Crippen LogP contribution in [0.5, 0.6) is 0 Å². The van der Waals surface area contributed by atoms with Crippen LogP contribution in [0.2, 0.25) is 0 Å². The van der Waals surface area contributed by atoms with Crippen LogP contribution in [0.4, 0.5) is 0 Å². The monoisotopic (exact) mass is 380 g/mol. The van der Waals surface area contributed by atoms with Gasteiger partial charge in [0.25, 0.3) is 0 Å². The summed E-state index contributed by atoms with van der Waals surface area (Å²) in [6.07, 6.45) is 0. The molecular formula is C16H17BrN2O4. The van der Waals surface area contributed by atoms with Gasteiger partial charge in [-0.1, -0.05) is 28.1 Å². The Morgan fingerprint density at radius 2 is 1.87 bits per heavy atom. The minimum absolute atomic E-state index is 0.173. The first-order valence-electron chi connectivity index (χ1n) is 6.95. The van der Waals surface area contributed by atoms with E-state index in [1.807, 2.05) is 24.3 Å². The van der Waals surface area contributed by atoms with Gasteiger partial charge in [0.05, 0.1) is 5.69 Å². The van der Waals surface area contributed by atoms with E-state index in [0.717, 1.165) is 10.0 Å². The number of benzene rings is 1. The molecule has 0 amide bonds. The second kappa shape index (κ2) is 6.95. The number of nitrogens with one attached hydrogen (secondary N) is 1. The number of H-pyrrole nitrogens is 1. The summed E-state index contributed by atoms with van der Waals surface area (Å²) in [7, 11) is 0. The maximum Gasteiger partial charge on any atom is 0.356 e. The van der Waals surface area contributed by atoms with E-state index in [1.54, 1.807) is 26.8 Å². The van der Waals surface area contributed by atoms with Gasteiger partial charge in [-0.2, -0.15) is 5.10 Å². The first-order chi connectivity index (χ1) is 10.7. The van der Waals surface area contributed by atoms with E-state index in [9.17, 15) is 9.59 Å². The van der Waals surface area contributed by atoms with Crippen molar-refractivity contribution >= 4 is 27.9 Å². The summed E-state index contributed by atoms with van der Waals surface area (Å²) in [5.41, 5.74) is 1.02. The summed E-state index contributed by atoms with van der Waals surface area (Å²) in [5, 5.41) is 6.67. The van der Waals surface area contributed by atoms with Gasteiger partial charge < -0.3 is 9.47 Å². The lowest BCUT2D eigenvalue weighted by molar-refractivity contribution is -0.158. The van der Waals surface area contributed by atoms with Gasteiger partial charge in [0.15, 0.2) is 6.61 Å². The summed E-state index contributed by atoms with van der Waals surface area (Å²) < 4.78 is 10.9. The molecule has 0 atom stereocenters. The number of carbonyl (C=O) groups excluding carboxylic acids is 2. The van der Waals surface area contributed by atoms with E-state index in [1.165, 1.54) is 0 Å². The van der Waals surface area contributed by atoms with Crippen LogP contribution in [0, 0.1) is 0 Å². The molecule has 1 N–H and O–H groups in total. The highest BCUT2D eigenvalue weighted by Gasteiger charge is 2.19. The molecule has 0 aliphatic rings. The molecule has 0 fully saturated rings. The maximum absolute atomic E-state index is 11.9. The van der Waals surface area contributed by atoms with Gasteiger partial charge in [-0.05, 0) is 39.0 Å². The quantitative estimate of drug-likeness (QED) is 0.822. The summed E-state index contributed by atoms with van der Waals surface area (Å²) in [6, 6.07) is 9.07. The largest absolute Gasteiger partial charge is 0.457 e. The zero-order chi connectivity index (χ0) is 17.0. The number of rotatable bonds is 4. The van der Waals surface area contributed by atoms with Crippen LogP contribution in [0.1, 0.15) is 31.3 Å². The Balaban J connectivity index is 1.96. The van der Waals surface area contributed by atoms with Crippen molar-refractivity contribution in [2.45, 2.75) is 26.4 Å². The summed E-state index contributed by atoms with van der Waals surface area (Å²) >= 11 is 3.36. The number of hydrogen-bond donors (Lipinski definition) is 1. The van der Waals surface area contributed by atoms with E-state index in [-0.39, 0.29) is 5.69 Å². The minimum atomic E-state index is -0.660. The lowest BCUT2D eigenvalue weighted by Gasteiger charge is -2.19. The molecular weight excluding hydrogens is 364 g/mol. The predicted molar refractivity (Wildman–Crippen MR) is 87.9 cm³/mol. The fourth-order valence-electron chi connectivity index (χ4n) is 1.77. The van der Waals surface area contributed by atoms with Gasteiger partial charge in [-0.3, -0.25) is 5.10 Å². The fraction of sp³-hybridized carbons (Fsp3) is 0.312. The summed E-state index contributed by atoms with van der Waals surface area (Å²) in [5.74, 6) is -1.26. The Bertz CT molecular complexity index is 702. The first-order valence-corrected chi connectivity index (χ1v) is 7.74. The zero-order valence-corrected chi connectivity index (χ0v) is 14.6. The van der Waals surface area contributed by atoms with Crippen LogP contribution in [0.15, 0.2) is 34.8 Å². The SMILES string of the molecule is CC(C)(C)OC(=O)COC(=O)c1cc(-c2ccc(Br)cc2)n[nH]1. The number of aromatic nitrogens is 2. The molecule has 122 valence electrons. The Kier molecular flexibility index (Phi) is 5.20. The summed E-state index contributed by atoms with van der Waals surface area (Å²) in [6.45, 7) is 4.78. The predicted octanol–water partition coefficient (Wildman–Crippen LogP) is 3.34. The third kappa shape index (κ3) is 5.21. The Labute approximate surface area is 142 Å². The van der Waals surface area contributed by atoms with E-state index < -0.39 is 24.1 Å². The number of ether oxygens (including phenoxy) is 2. The molecule has 2 rings (SSSR count). The molecule has 0 spiro atoms. The summed E-state index contributed by atoms with van der Waals surface area (Å²) in [4.78, 5) is 23.4. The number of nitrogens with zero attached hydrogens (tertiary/aromatic N) is 1. The molecule has 0 radical (unpaired) electrons. The van der Waals surface area contributed by atoms with Crippen molar-refractivity contribution in [2.24, 2.45) is 0 Å². The van der Waals surface area contributed by atoms with Crippen LogP contribution in [-0.4, -0.2) is 34.3 Å². The number of halogens is 1. The van der Waals surface area contributed by atoms with Gasteiger partial charge >= 0.3 is 11.9 Å². The molecule has 0 unspecified atom stereocenters. The van der Waals surface area contributed by atoms with Crippen molar-refractivity contribution in [1.82, 2.24) is 10.2 Å². The Morgan fingerprint density at radius 1 is 1.22 bits per heavy atom. The standard InChI is InChI=1S/C16H17BrN2O4/c1-16(2,3)23-14(20)9-22-15(21)13-8-12(18-19-13)10-4-6-11(17)7-5-10/h4-8H,9H2,1-3H3,(H,18,19). The number of esters is 2. The molecule has 0 aliphatic carbocycles. The van der Waals surface area contributed by atoms with Crippen LogP contribution in [0.25, 0.3) is 11.3 Å². The molecule has 6 nitrogen and oxygen atoms in total. The van der Waals surface area contributed by atoms with Crippen LogP contribution in [0.3, 0.4) is 0 Å². The highest BCUT2D eigenvalue weighted by atomic mass is 79.9. The van der Waals surface area contributed by atoms with E-state index >= 15 is 0 Å². The fourth-order valence-corrected chi connectivity index (χ4v) is 2.03. The van der Waals surface area contributed by atoms with Gasteiger partial charge in [0, 0.05) is 10.0 Å². The zero-order valence-electron chi connectivity index (χ0n) is 13.1. The second-order valence-electron chi connectivity index (χ2n) is 5.84. The molecule has 1 aromatic carbocycles.